The minimum atomic E-state index is -3.31. The monoisotopic (exact) mass is 358 g/mol. The maximum atomic E-state index is 13.9. The van der Waals surface area contributed by atoms with E-state index in [1.807, 2.05) is 0 Å². The van der Waals surface area contributed by atoms with E-state index < -0.39 is 25.0 Å². The molecule has 136 valence electrons. The minimum Gasteiger partial charge on any atom is -0.481 e. The third kappa shape index (κ3) is 3.41. The molecule has 2 aliphatic carbocycles. The van der Waals surface area contributed by atoms with Crippen molar-refractivity contribution in [3.63, 3.8) is 0 Å². The predicted molar refractivity (Wildman–Crippen MR) is 88.5 cm³/mol. The summed E-state index contributed by atoms with van der Waals surface area (Å²) in [6.45, 7) is 0. The van der Waals surface area contributed by atoms with E-state index >= 15 is 0 Å². The van der Waals surface area contributed by atoms with Gasteiger partial charge in [-0.3, -0.25) is 14.2 Å². The first-order chi connectivity index (χ1) is 11.4. The smallest absolute Gasteiger partial charge is 0.304 e. The molecule has 1 heterocycles. The molecule has 0 spiro atoms. The van der Waals surface area contributed by atoms with Crippen LogP contribution in [-0.2, 0) is 18.7 Å². The Morgan fingerprint density at radius 2 is 1.46 bits per heavy atom. The molecule has 0 radical (unpaired) electrons. The first-order valence-corrected chi connectivity index (χ1v) is 10.9. The van der Waals surface area contributed by atoms with Crippen LogP contribution in [0.15, 0.2) is 0 Å². The highest BCUT2D eigenvalue weighted by Gasteiger charge is 2.56. The maximum Gasteiger partial charge on any atom is 0.304 e. The molecule has 3 fully saturated rings. The van der Waals surface area contributed by atoms with Crippen molar-refractivity contribution in [3.05, 3.63) is 0 Å². The number of carboxylic acids is 2. The lowest BCUT2D eigenvalue weighted by molar-refractivity contribution is -0.138. The van der Waals surface area contributed by atoms with Crippen molar-refractivity contribution in [2.45, 2.75) is 81.6 Å². The number of fused-ring (bicyclic) bond motifs is 3. The van der Waals surface area contributed by atoms with Crippen molar-refractivity contribution >= 4 is 19.3 Å². The predicted octanol–water partition coefficient (Wildman–Crippen LogP) is 3.73. The van der Waals surface area contributed by atoms with Crippen molar-refractivity contribution < 1.29 is 28.9 Å². The third-order valence-corrected chi connectivity index (χ3v) is 9.73. The van der Waals surface area contributed by atoms with Crippen LogP contribution in [0.25, 0.3) is 0 Å². The van der Waals surface area contributed by atoms with Crippen LogP contribution < -0.4 is 0 Å². The van der Waals surface area contributed by atoms with E-state index in [-0.39, 0.29) is 24.6 Å². The van der Waals surface area contributed by atoms with Crippen molar-refractivity contribution in [1.29, 1.82) is 0 Å². The Morgan fingerprint density at radius 3 is 2.08 bits per heavy atom. The standard InChI is InChI=1S/C17H27O6P/c18-16(19)9-11(10-17(20)21)24(22)15-8-4-2-6-13(15)12-5-1-3-7-14(12)23-24/h11-15H,1-10H2,(H,18,19)(H,20,21). The molecule has 5 unspecified atom stereocenters. The lowest BCUT2D eigenvalue weighted by atomic mass is 9.71. The van der Waals surface area contributed by atoms with Crippen LogP contribution in [0.5, 0.6) is 0 Å². The zero-order chi connectivity index (χ0) is 17.3. The molecular weight excluding hydrogens is 331 g/mol. The number of rotatable bonds is 5. The highest BCUT2D eigenvalue weighted by Crippen LogP contribution is 2.69. The van der Waals surface area contributed by atoms with Gasteiger partial charge < -0.3 is 14.7 Å². The Kier molecular flexibility index (Phi) is 5.36. The molecule has 24 heavy (non-hydrogen) atoms. The molecule has 7 heteroatoms. The topological polar surface area (TPSA) is 101 Å². The van der Waals surface area contributed by atoms with Gasteiger partial charge in [-0.1, -0.05) is 25.7 Å². The fourth-order valence-corrected chi connectivity index (χ4v) is 9.03. The van der Waals surface area contributed by atoms with Gasteiger partial charge in [0.25, 0.3) is 0 Å². The van der Waals surface area contributed by atoms with Crippen molar-refractivity contribution in [3.8, 4) is 0 Å². The van der Waals surface area contributed by atoms with Gasteiger partial charge in [0.2, 0.25) is 7.37 Å². The Bertz CT molecular complexity index is 531. The summed E-state index contributed by atoms with van der Waals surface area (Å²) in [7, 11) is -3.31. The van der Waals surface area contributed by atoms with Crippen LogP contribution in [-0.4, -0.2) is 39.6 Å². The van der Waals surface area contributed by atoms with Crippen molar-refractivity contribution in [2.75, 3.05) is 0 Å². The highest BCUT2D eigenvalue weighted by molar-refractivity contribution is 7.60. The second kappa shape index (κ2) is 7.17. The van der Waals surface area contributed by atoms with Crippen LogP contribution in [0.3, 0.4) is 0 Å². The number of hydrogen-bond donors (Lipinski definition) is 2. The van der Waals surface area contributed by atoms with E-state index in [1.54, 1.807) is 0 Å². The fraction of sp³-hybridized carbons (Fsp3) is 0.882. The molecule has 2 N–H and O–H groups in total. The first kappa shape index (κ1) is 17.9. The lowest BCUT2D eigenvalue weighted by Gasteiger charge is -2.52. The summed E-state index contributed by atoms with van der Waals surface area (Å²) < 4.78 is 20.0. The average Bonchev–Trinajstić information content (AvgIpc) is 2.54. The van der Waals surface area contributed by atoms with Gasteiger partial charge in [-0.25, -0.2) is 0 Å². The van der Waals surface area contributed by atoms with E-state index in [4.69, 9.17) is 4.52 Å². The van der Waals surface area contributed by atoms with E-state index in [0.717, 1.165) is 44.9 Å². The molecule has 0 aromatic carbocycles. The van der Waals surface area contributed by atoms with Gasteiger partial charge in [-0.15, -0.1) is 0 Å². The van der Waals surface area contributed by atoms with Gasteiger partial charge in [0, 0.05) is 5.66 Å². The summed E-state index contributed by atoms with van der Waals surface area (Å²) >= 11 is 0. The summed E-state index contributed by atoms with van der Waals surface area (Å²) in [6, 6.07) is 0. The first-order valence-electron chi connectivity index (χ1n) is 9.13. The molecule has 6 nitrogen and oxygen atoms in total. The lowest BCUT2D eigenvalue weighted by Crippen LogP contribution is -2.47. The maximum absolute atomic E-state index is 13.9. The van der Waals surface area contributed by atoms with Crippen molar-refractivity contribution in [2.24, 2.45) is 11.8 Å². The Hall–Kier alpha value is -0.870. The summed E-state index contributed by atoms with van der Waals surface area (Å²) in [4.78, 5) is 22.5. The highest BCUT2D eigenvalue weighted by atomic mass is 31.2. The van der Waals surface area contributed by atoms with E-state index in [1.165, 1.54) is 6.42 Å². The summed E-state index contributed by atoms with van der Waals surface area (Å²) in [5, 5.41) is 18.4. The molecule has 0 aromatic heterocycles. The molecule has 1 saturated heterocycles. The Morgan fingerprint density at radius 1 is 0.917 bits per heavy atom. The van der Waals surface area contributed by atoms with E-state index in [2.05, 4.69) is 0 Å². The summed E-state index contributed by atoms with van der Waals surface area (Å²) in [6.07, 6.45) is 7.22. The molecule has 3 rings (SSSR count). The Labute approximate surface area is 142 Å². The molecule has 2 saturated carbocycles. The van der Waals surface area contributed by atoms with Gasteiger partial charge in [0.1, 0.15) is 0 Å². The van der Waals surface area contributed by atoms with Crippen LogP contribution >= 0.6 is 7.37 Å². The zero-order valence-corrected chi connectivity index (χ0v) is 14.8. The second-order valence-corrected chi connectivity index (χ2v) is 10.5. The van der Waals surface area contributed by atoms with Gasteiger partial charge >= 0.3 is 11.9 Å². The van der Waals surface area contributed by atoms with E-state index in [9.17, 15) is 24.4 Å². The summed E-state index contributed by atoms with van der Waals surface area (Å²) in [5.74, 6) is -1.47. The molecule has 0 bridgehead atoms. The summed E-state index contributed by atoms with van der Waals surface area (Å²) in [5.41, 5.74) is -1.05. The number of aliphatic carboxylic acids is 2. The number of hydrogen-bond acceptors (Lipinski definition) is 4. The number of carbonyl (C=O) groups is 2. The number of carboxylic acid groups (broad SMARTS) is 2. The second-order valence-electron chi connectivity index (χ2n) is 7.60. The SMILES string of the molecule is O=C(O)CC(CC(=O)O)P1(=O)OC2CCCCC2C2CCCCC21. The molecule has 3 aliphatic rings. The Balaban J connectivity index is 1.93. The van der Waals surface area contributed by atoms with Gasteiger partial charge in [-0.05, 0) is 37.5 Å². The molecule has 0 aromatic rings. The van der Waals surface area contributed by atoms with Gasteiger partial charge in [0.05, 0.1) is 24.6 Å². The van der Waals surface area contributed by atoms with Crippen LogP contribution in [0.1, 0.15) is 64.2 Å². The fourth-order valence-electron chi connectivity index (χ4n) is 5.21. The molecule has 0 amide bonds. The minimum absolute atomic E-state index is 0.0750. The van der Waals surface area contributed by atoms with Gasteiger partial charge in [0.15, 0.2) is 0 Å². The van der Waals surface area contributed by atoms with E-state index in [0.29, 0.717) is 11.8 Å². The quantitative estimate of drug-likeness (QED) is 0.726. The molecule has 1 aliphatic heterocycles. The van der Waals surface area contributed by atoms with Gasteiger partial charge in [-0.2, -0.15) is 0 Å². The van der Waals surface area contributed by atoms with Crippen LogP contribution in [0.4, 0.5) is 0 Å². The molecular formula is C17H27O6P. The van der Waals surface area contributed by atoms with Crippen LogP contribution in [0.2, 0.25) is 0 Å². The van der Waals surface area contributed by atoms with Crippen LogP contribution in [0, 0.1) is 11.8 Å². The molecule has 5 atom stereocenters. The normalized spacial score (nSPS) is 39.0. The zero-order valence-electron chi connectivity index (χ0n) is 13.9. The van der Waals surface area contributed by atoms with Crippen molar-refractivity contribution in [1.82, 2.24) is 0 Å². The third-order valence-electron chi connectivity index (χ3n) is 6.18. The largest absolute Gasteiger partial charge is 0.481 e. The average molecular weight is 358 g/mol.